The molecule has 0 aliphatic heterocycles. The van der Waals surface area contributed by atoms with Gasteiger partial charge in [-0.05, 0) is 17.9 Å². The minimum Gasteiger partial charge on any atom is -0.385 e. The van der Waals surface area contributed by atoms with E-state index in [0.29, 0.717) is 6.61 Å². The van der Waals surface area contributed by atoms with Gasteiger partial charge in [0.25, 0.3) is 0 Å². The summed E-state index contributed by atoms with van der Waals surface area (Å²) in [5, 5.41) is 0.138. The maximum absolute atomic E-state index is 12.2. The molecule has 120 valence electrons. The molecule has 0 atom stereocenters. The highest BCUT2D eigenvalue weighted by Gasteiger charge is 2.23. The van der Waals surface area contributed by atoms with Gasteiger partial charge in [0.15, 0.2) is 5.82 Å². The highest BCUT2D eigenvalue weighted by Crippen LogP contribution is 2.23. The summed E-state index contributed by atoms with van der Waals surface area (Å²) in [6.45, 7) is 4.77. The Morgan fingerprint density at radius 2 is 2.14 bits per heavy atom. The molecule has 0 amide bonds. The van der Waals surface area contributed by atoms with Crippen molar-refractivity contribution in [2.24, 2.45) is 11.3 Å². The van der Waals surface area contributed by atoms with E-state index in [-0.39, 0.29) is 27.7 Å². The minimum absolute atomic E-state index is 0.00552. The summed E-state index contributed by atoms with van der Waals surface area (Å²) in [5.74, 6) is 5.42. The number of methoxy groups -OCH3 is 1. The first-order chi connectivity index (χ1) is 9.72. The monoisotopic (exact) mass is 336 g/mol. The lowest BCUT2D eigenvalue weighted by Gasteiger charge is -2.24. The fraction of sp³-hybridized carbons (Fsp3) is 0.583. The van der Waals surface area contributed by atoms with Crippen LogP contribution in [0.5, 0.6) is 0 Å². The largest absolute Gasteiger partial charge is 0.385 e. The van der Waals surface area contributed by atoms with Crippen LogP contribution in [0, 0.1) is 5.41 Å². The van der Waals surface area contributed by atoms with Gasteiger partial charge >= 0.3 is 0 Å². The minimum atomic E-state index is -3.67. The van der Waals surface area contributed by atoms with Crippen LogP contribution in [0.4, 0.5) is 5.82 Å². The van der Waals surface area contributed by atoms with E-state index in [1.54, 1.807) is 7.11 Å². The van der Waals surface area contributed by atoms with Gasteiger partial charge in [-0.1, -0.05) is 25.4 Å². The van der Waals surface area contributed by atoms with E-state index < -0.39 is 10.0 Å². The average molecular weight is 337 g/mol. The number of hydrogen-bond donors (Lipinski definition) is 3. The summed E-state index contributed by atoms with van der Waals surface area (Å²) in [6.07, 6.45) is 1.94. The van der Waals surface area contributed by atoms with Gasteiger partial charge in [0.2, 0.25) is 10.0 Å². The molecule has 9 heteroatoms. The van der Waals surface area contributed by atoms with Crippen molar-refractivity contribution >= 4 is 27.4 Å². The normalized spacial score (nSPS) is 12.4. The fourth-order valence-electron chi connectivity index (χ4n) is 1.51. The van der Waals surface area contributed by atoms with E-state index in [4.69, 9.17) is 22.2 Å². The maximum atomic E-state index is 12.2. The van der Waals surface area contributed by atoms with Crippen LogP contribution in [0.1, 0.15) is 20.3 Å². The van der Waals surface area contributed by atoms with Gasteiger partial charge < -0.3 is 10.2 Å². The Balaban J connectivity index is 2.80. The van der Waals surface area contributed by atoms with Crippen LogP contribution >= 0.6 is 11.6 Å². The predicted octanol–water partition coefficient (Wildman–Crippen LogP) is 1.36. The van der Waals surface area contributed by atoms with Crippen molar-refractivity contribution in [2.45, 2.75) is 25.2 Å². The number of rotatable bonds is 8. The molecule has 21 heavy (non-hydrogen) atoms. The molecule has 0 bridgehead atoms. The molecular formula is C12H21ClN4O3S. The van der Waals surface area contributed by atoms with E-state index in [1.807, 2.05) is 13.8 Å². The predicted molar refractivity (Wildman–Crippen MR) is 82.5 cm³/mol. The lowest BCUT2D eigenvalue weighted by molar-refractivity contribution is 0.153. The molecule has 0 aromatic carbocycles. The highest BCUT2D eigenvalue weighted by molar-refractivity contribution is 7.89. The third-order valence-electron chi connectivity index (χ3n) is 2.99. The quantitative estimate of drug-likeness (QED) is 0.489. The number of nitrogen functional groups attached to an aromatic ring is 1. The molecule has 0 saturated carbocycles. The highest BCUT2D eigenvalue weighted by atomic mass is 35.5. The number of halogens is 1. The summed E-state index contributed by atoms with van der Waals surface area (Å²) in [5.41, 5.74) is 2.06. The SMILES string of the molecule is COCCC(C)(C)CNS(=O)(=O)c1cnc(NN)c(Cl)c1. The molecule has 0 spiro atoms. The molecule has 0 radical (unpaired) electrons. The van der Waals surface area contributed by atoms with Crippen molar-refractivity contribution in [3.63, 3.8) is 0 Å². The number of anilines is 1. The van der Waals surface area contributed by atoms with Crippen molar-refractivity contribution in [1.82, 2.24) is 9.71 Å². The summed E-state index contributed by atoms with van der Waals surface area (Å²) < 4.78 is 32.0. The summed E-state index contributed by atoms with van der Waals surface area (Å²) in [7, 11) is -2.06. The number of ether oxygens (including phenoxy) is 1. The zero-order chi connectivity index (χ0) is 16.1. The molecule has 0 unspecified atom stereocenters. The summed E-state index contributed by atoms with van der Waals surface area (Å²) in [6, 6.07) is 1.30. The van der Waals surface area contributed by atoms with Gasteiger partial charge in [0.05, 0.1) is 5.02 Å². The molecule has 0 fully saturated rings. The number of hydrogen-bond acceptors (Lipinski definition) is 6. The van der Waals surface area contributed by atoms with E-state index in [1.165, 1.54) is 12.3 Å². The number of sulfonamides is 1. The van der Waals surface area contributed by atoms with Gasteiger partial charge in [-0.15, -0.1) is 0 Å². The van der Waals surface area contributed by atoms with E-state index in [0.717, 1.165) is 6.42 Å². The fourth-order valence-corrected chi connectivity index (χ4v) is 3.01. The van der Waals surface area contributed by atoms with Crippen molar-refractivity contribution in [3.05, 3.63) is 17.3 Å². The first-order valence-electron chi connectivity index (χ1n) is 6.32. The second-order valence-corrected chi connectivity index (χ2v) is 7.55. The van der Waals surface area contributed by atoms with Crippen LogP contribution < -0.4 is 16.0 Å². The van der Waals surface area contributed by atoms with E-state index >= 15 is 0 Å². The van der Waals surface area contributed by atoms with Gasteiger partial charge in [0, 0.05) is 26.5 Å². The number of nitrogens with zero attached hydrogens (tertiary/aromatic N) is 1. The molecule has 4 N–H and O–H groups in total. The Labute approximate surface area is 130 Å². The number of nitrogens with two attached hydrogens (primary N) is 1. The first kappa shape index (κ1) is 18.1. The van der Waals surface area contributed by atoms with E-state index in [9.17, 15) is 8.42 Å². The van der Waals surface area contributed by atoms with Crippen LogP contribution in [0.15, 0.2) is 17.2 Å². The van der Waals surface area contributed by atoms with Gasteiger partial charge in [-0.2, -0.15) is 0 Å². The van der Waals surface area contributed by atoms with E-state index in [2.05, 4.69) is 15.1 Å². The van der Waals surface area contributed by atoms with Gasteiger partial charge in [0.1, 0.15) is 4.90 Å². The molecule has 0 aliphatic rings. The Morgan fingerprint density at radius 1 is 1.48 bits per heavy atom. The second kappa shape index (κ2) is 7.37. The average Bonchev–Trinajstić information content (AvgIpc) is 2.43. The Kier molecular flexibility index (Phi) is 6.36. The van der Waals surface area contributed by atoms with Crippen LogP contribution in [0.25, 0.3) is 0 Å². The zero-order valence-electron chi connectivity index (χ0n) is 12.3. The third kappa shape index (κ3) is 5.40. The van der Waals surface area contributed by atoms with Crippen molar-refractivity contribution in [2.75, 3.05) is 25.7 Å². The topological polar surface area (TPSA) is 106 Å². The number of aromatic nitrogens is 1. The van der Waals surface area contributed by atoms with Crippen LogP contribution in [0.2, 0.25) is 5.02 Å². The van der Waals surface area contributed by atoms with Gasteiger partial charge in [-0.25, -0.2) is 24.0 Å². The Hall–Kier alpha value is -0.930. The molecular weight excluding hydrogens is 316 g/mol. The molecule has 1 heterocycles. The lowest BCUT2D eigenvalue weighted by atomic mass is 9.90. The van der Waals surface area contributed by atoms with Crippen molar-refractivity contribution < 1.29 is 13.2 Å². The van der Waals surface area contributed by atoms with Crippen molar-refractivity contribution in [1.29, 1.82) is 0 Å². The zero-order valence-corrected chi connectivity index (χ0v) is 13.9. The molecule has 1 rings (SSSR count). The molecule has 0 saturated heterocycles. The summed E-state index contributed by atoms with van der Waals surface area (Å²) in [4.78, 5) is 3.84. The standard InChI is InChI=1S/C12H21ClN4O3S/c1-12(2,4-5-20-3)8-16-21(18,19)9-6-10(13)11(17-14)15-7-9/h6-7,16H,4-5,8,14H2,1-3H3,(H,15,17). The molecule has 1 aromatic rings. The van der Waals surface area contributed by atoms with Crippen LogP contribution in [-0.2, 0) is 14.8 Å². The summed E-state index contributed by atoms with van der Waals surface area (Å²) >= 11 is 5.88. The van der Waals surface area contributed by atoms with Gasteiger partial charge in [-0.3, -0.25) is 0 Å². The number of pyridine rings is 1. The van der Waals surface area contributed by atoms with Crippen molar-refractivity contribution in [3.8, 4) is 0 Å². The third-order valence-corrected chi connectivity index (χ3v) is 4.64. The smallest absolute Gasteiger partial charge is 0.242 e. The Bertz CT molecular complexity index is 578. The molecule has 1 aromatic heterocycles. The maximum Gasteiger partial charge on any atom is 0.242 e. The number of hydrazine groups is 1. The lowest BCUT2D eigenvalue weighted by Crippen LogP contribution is -2.34. The molecule has 7 nitrogen and oxygen atoms in total. The number of nitrogens with one attached hydrogen (secondary N) is 2. The first-order valence-corrected chi connectivity index (χ1v) is 8.19. The Morgan fingerprint density at radius 3 is 2.67 bits per heavy atom. The molecule has 0 aliphatic carbocycles. The van der Waals surface area contributed by atoms with Crippen LogP contribution in [0.3, 0.4) is 0 Å². The van der Waals surface area contributed by atoms with Crippen LogP contribution in [-0.4, -0.2) is 33.7 Å². The second-order valence-electron chi connectivity index (χ2n) is 5.38.